The van der Waals surface area contributed by atoms with Crippen LogP contribution in [0.1, 0.15) is 24.4 Å². The molecule has 9 nitrogen and oxygen atoms in total. The zero-order valence-electron chi connectivity index (χ0n) is 22.1. The van der Waals surface area contributed by atoms with Crippen LogP contribution in [0, 0.1) is 5.92 Å². The largest absolute Gasteiger partial charge is 0.497 e. The van der Waals surface area contributed by atoms with E-state index in [-0.39, 0.29) is 18.2 Å². The molecule has 0 spiro atoms. The van der Waals surface area contributed by atoms with Crippen molar-refractivity contribution < 1.29 is 28.5 Å². The maximum absolute atomic E-state index is 13.8. The van der Waals surface area contributed by atoms with Gasteiger partial charge >= 0.3 is 0 Å². The summed E-state index contributed by atoms with van der Waals surface area (Å²) >= 11 is 1.37. The molecular formula is C29H29N3O6S. The van der Waals surface area contributed by atoms with Crippen LogP contribution in [0.2, 0.25) is 0 Å². The number of carbonyl (C=O) groups excluding carboxylic acids is 2. The van der Waals surface area contributed by atoms with Crippen molar-refractivity contribution in [3.63, 3.8) is 0 Å². The first kappa shape index (κ1) is 26.3. The molecule has 1 N–H and O–H groups in total. The highest BCUT2D eigenvalue weighted by Gasteiger charge is 2.42. The van der Waals surface area contributed by atoms with Crippen LogP contribution in [-0.4, -0.2) is 45.2 Å². The normalized spacial score (nSPS) is 17.1. The number of ether oxygens (including phenoxy) is 4. The molecule has 5 rings (SSSR count). The predicted molar refractivity (Wildman–Crippen MR) is 150 cm³/mol. The van der Waals surface area contributed by atoms with Gasteiger partial charge in [0.1, 0.15) is 11.5 Å². The Balaban J connectivity index is 1.54. The number of carbonyl (C=O) groups is 2. The van der Waals surface area contributed by atoms with Gasteiger partial charge in [0.05, 0.1) is 50.6 Å². The predicted octanol–water partition coefficient (Wildman–Crippen LogP) is 5.45. The van der Waals surface area contributed by atoms with Crippen LogP contribution >= 0.6 is 11.3 Å². The van der Waals surface area contributed by atoms with Gasteiger partial charge in [0.2, 0.25) is 11.8 Å². The number of hydrogen-bond acceptors (Lipinski definition) is 8. The molecule has 0 radical (unpaired) electrons. The molecule has 1 aromatic heterocycles. The molecule has 1 aliphatic heterocycles. The fourth-order valence-electron chi connectivity index (χ4n) is 4.92. The van der Waals surface area contributed by atoms with E-state index in [4.69, 9.17) is 18.9 Å². The van der Waals surface area contributed by atoms with Crippen molar-refractivity contribution in [3.05, 3.63) is 66.2 Å². The van der Waals surface area contributed by atoms with E-state index in [2.05, 4.69) is 10.3 Å². The molecular weight excluding hydrogens is 518 g/mol. The molecule has 2 heterocycles. The first-order valence-corrected chi connectivity index (χ1v) is 13.2. The molecule has 2 amide bonds. The Morgan fingerprint density at radius 3 is 2.31 bits per heavy atom. The van der Waals surface area contributed by atoms with Gasteiger partial charge in [0.25, 0.3) is 0 Å². The lowest BCUT2D eigenvalue weighted by atomic mass is 9.83. The third-order valence-corrected chi connectivity index (χ3v) is 7.79. The van der Waals surface area contributed by atoms with E-state index >= 15 is 0 Å². The number of piperidine rings is 1. The zero-order chi connectivity index (χ0) is 27.5. The quantitative estimate of drug-likeness (QED) is 0.313. The summed E-state index contributed by atoms with van der Waals surface area (Å²) in [4.78, 5) is 33.5. The number of rotatable bonds is 8. The summed E-state index contributed by atoms with van der Waals surface area (Å²) < 4.78 is 22.5. The van der Waals surface area contributed by atoms with E-state index in [1.165, 1.54) is 11.3 Å². The second-order valence-electron chi connectivity index (χ2n) is 9.01. The van der Waals surface area contributed by atoms with E-state index in [0.29, 0.717) is 34.5 Å². The van der Waals surface area contributed by atoms with Crippen LogP contribution in [0.3, 0.4) is 0 Å². The monoisotopic (exact) mass is 547 g/mol. The van der Waals surface area contributed by atoms with Crippen molar-refractivity contribution in [1.29, 1.82) is 0 Å². The average molecular weight is 548 g/mol. The number of amides is 2. The fraction of sp³-hybridized carbons (Fsp3) is 0.276. The standard InChI is InChI=1S/C29H29N3O6S/c1-35-19-8-6-18(7-9-19)32-26(33)14-11-21(27(32)17-5-13-23(37-3)24(15-17)38-4)28(34)31-29-30-22-12-10-20(36-2)16-25(22)39-29/h5-10,12-13,15-16,21,27H,11,14H2,1-4H3,(H,30,31,34)/t21-,27+/m1/s1. The molecule has 10 heteroatoms. The van der Waals surface area contributed by atoms with E-state index in [1.807, 2.05) is 42.5 Å². The van der Waals surface area contributed by atoms with Gasteiger partial charge in [-0.05, 0) is 66.6 Å². The van der Waals surface area contributed by atoms with Crippen molar-refractivity contribution in [3.8, 4) is 23.0 Å². The summed E-state index contributed by atoms with van der Waals surface area (Å²) in [5.41, 5.74) is 2.20. The van der Waals surface area contributed by atoms with E-state index in [0.717, 1.165) is 21.5 Å². The minimum Gasteiger partial charge on any atom is -0.497 e. The van der Waals surface area contributed by atoms with Gasteiger partial charge in [-0.2, -0.15) is 0 Å². The van der Waals surface area contributed by atoms with Crippen molar-refractivity contribution in [2.75, 3.05) is 38.7 Å². The molecule has 1 fully saturated rings. The minimum atomic E-state index is -0.589. The Morgan fingerprint density at radius 2 is 1.62 bits per heavy atom. The third kappa shape index (κ3) is 5.20. The van der Waals surface area contributed by atoms with Crippen LogP contribution in [0.5, 0.6) is 23.0 Å². The number of methoxy groups -OCH3 is 4. The molecule has 0 saturated carbocycles. The summed E-state index contributed by atoms with van der Waals surface area (Å²) in [6, 6.07) is 17.7. The lowest BCUT2D eigenvalue weighted by Gasteiger charge is -2.41. The Kier molecular flexibility index (Phi) is 7.56. The van der Waals surface area contributed by atoms with Crippen LogP contribution in [0.25, 0.3) is 10.2 Å². The van der Waals surface area contributed by atoms with Gasteiger partial charge in [-0.3, -0.25) is 9.59 Å². The molecule has 0 unspecified atom stereocenters. The first-order valence-electron chi connectivity index (χ1n) is 12.4. The highest BCUT2D eigenvalue weighted by Crippen LogP contribution is 2.43. The van der Waals surface area contributed by atoms with Gasteiger partial charge < -0.3 is 29.2 Å². The minimum absolute atomic E-state index is 0.0731. The average Bonchev–Trinajstić information content (AvgIpc) is 3.37. The maximum atomic E-state index is 13.8. The Bertz CT molecular complexity index is 1500. The molecule has 39 heavy (non-hydrogen) atoms. The molecule has 0 aliphatic carbocycles. The van der Waals surface area contributed by atoms with Crippen molar-refractivity contribution >= 4 is 44.2 Å². The number of aromatic nitrogens is 1. The highest BCUT2D eigenvalue weighted by atomic mass is 32.1. The Morgan fingerprint density at radius 1 is 0.897 bits per heavy atom. The zero-order valence-corrected chi connectivity index (χ0v) is 22.9. The number of nitrogens with zero attached hydrogens (tertiary/aromatic N) is 2. The van der Waals surface area contributed by atoms with Crippen molar-refractivity contribution in [1.82, 2.24) is 4.98 Å². The molecule has 0 bridgehead atoms. The van der Waals surface area contributed by atoms with Crippen molar-refractivity contribution in [2.45, 2.75) is 18.9 Å². The highest BCUT2D eigenvalue weighted by molar-refractivity contribution is 7.22. The van der Waals surface area contributed by atoms with Crippen LogP contribution in [-0.2, 0) is 9.59 Å². The first-order chi connectivity index (χ1) is 18.9. The van der Waals surface area contributed by atoms with E-state index in [9.17, 15) is 9.59 Å². The van der Waals surface area contributed by atoms with Gasteiger partial charge in [0.15, 0.2) is 16.6 Å². The lowest BCUT2D eigenvalue weighted by Crippen LogP contribution is -2.47. The molecule has 3 aromatic carbocycles. The summed E-state index contributed by atoms with van der Waals surface area (Å²) in [5, 5.41) is 3.50. The van der Waals surface area contributed by atoms with E-state index in [1.54, 1.807) is 51.5 Å². The third-order valence-electron chi connectivity index (χ3n) is 6.86. The smallest absolute Gasteiger partial charge is 0.231 e. The van der Waals surface area contributed by atoms with Crippen LogP contribution in [0.4, 0.5) is 10.8 Å². The Labute approximate surface area is 230 Å². The molecule has 1 saturated heterocycles. The summed E-state index contributed by atoms with van der Waals surface area (Å²) in [7, 11) is 6.32. The summed E-state index contributed by atoms with van der Waals surface area (Å²) in [6.07, 6.45) is 0.611. The molecule has 202 valence electrons. The second kappa shape index (κ2) is 11.2. The van der Waals surface area contributed by atoms with Gasteiger partial charge in [0, 0.05) is 12.1 Å². The molecule has 2 atom stereocenters. The number of nitrogens with one attached hydrogen (secondary N) is 1. The van der Waals surface area contributed by atoms with Crippen LogP contribution in [0.15, 0.2) is 60.7 Å². The molecule has 4 aromatic rings. The van der Waals surface area contributed by atoms with Crippen molar-refractivity contribution in [2.24, 2.45) is 5.92 Å². The number of fused-ring (bicyclic) bond motifs is 1. The van der Waals surface area contributed by atoms with Gasteiger partial charge in [-0.25, -0.2) is 4.98 Å². The van der Waals surface area contributed by atoms with E-state index < -0.39 is 12.0 Å². The number of benzene rings is 3. The van der Waals surface area contributed by atoms with Crippen LogP contribution < -0.4 is 29.2 Å². The SMILES string of the molecule is COc1ccc(N2C(=O)CC[C@@H](C(=O)Nc3nc4ccc(OC)cc4s3)[C@@H]2c2ccc(OC)c(OC)c2)cc1. The second-order valence-corrected chi connectivity index (χ2v) is 10.0. The molecule has 1 aliphatic rings. The Hall–Kier alpha value is -4.31. The van der Waals surface area contributed by atoms with Gasteiger partial charge in [-0.15, -0.1) is 0 Å². The number of anilines is 2. The fourth-order valence-corrected chi connectivity index (χ4v) is 5.81. The summed E-state index contributed by atoms with van der Waals surface area (Å²) in [6.45, 7) is 0. The summed E-state index contributed by atoms with van der Waals surface area (Å²) in [5.74, 6) is 1.63. The maximum Gasteiger partial charge on any atom is 0.231 e. The lowest BCUT2D eigenvalue weighted by molar-refractivity contribution is -0.125. The topological polar surface area (TPSA) is 99.2 Å². The number of hydrogen-bond donors (Lipinski definition) is 1. The van der Waals surface area contributed by atoms with Gasteiger partial charge in [-0.1, -0.05) is 17.4 Å². The number of thiazole rings is 1.